The highest BCUT2D eigenvalue weighted by molar-refractivity contribution is 7.87. The Morgan fingerprint density at radius 3 is 2.95 bits per heavy atom. The molecule has 0 unspecified atom stereocenters. The summed E-state index contributed by atoms with van der Waals surface area (Å²) >= 11 is 0. The highest BCUT2D eigenvalue weighted by atomic mass is 32.2. The van der Waals surface area contributed by atoms with Crippen molar-refractivity contribution in [3.63, 3.8) is 0 Å². The van der Waals surface area contributed by atoms with Gasteiger partial charge in [0.05, 0.1) is 6.04 Å². The van der Waals surface area contributed by atoms with Gasteiger partial charge in [-0.2, -0.15) is 12.7 Å². The SMILES string of the molecule is Nc1cc(F)cc(O[C@H]2CCN3[C@@H]2CNS3(=O)=O)c1. The van der Waals surface area contributed by atoms with E-state index in [1.807, 2.05) is 0 Å². The van der Waals surface area contributed by atoms with E-state index >= 15 is 0 Å². The molecule has 2 aliphatic rings. The fourth-order valence-corrected chi connectivity index (χ4v) is 4.03. The summed E-state index contributed by atoms with van der Waals surface area (Å²) in [5.41, 5.74) is 5.82. The summed E-state index contributed by atoms with van der Waals surface area (Å²) < 4.78 is 46.0. The van der Waals surface area contributed by atoms with Crippen molar-refractivity contribution in [2.45, 2.75) is 18.6 Å². The van der Waals surface area contributed by atoms with Gasteiger partial charge < -0.3 is 10.5 Å². The van der Waals surface area contributed by atoms with Crippen molar-refractivity contribution in [3.05, 3.63) is 24.0 Å². The Morgan fingerprint density at radius 2 is 2.21 bits per heavy atom. The van der Waals surface area contributed by atoms with E-state index in [0.717, 1.165) is 0 Å². The second-order valence-corrected chi connectivity index (χ2v) is 6.40. The van der Waals surface area contributed by atoms with Gasteiger partial charge in [0.25, 0.3) is 10.2 Å². The van der Waals surface area contributed by atoms with Crippen LogP contribution in [0.5, 0.6) is 5.75 Å². The number of fused-ring (bicyclic) bond motifs is 1. The molecule has 0 saturated carbocycles. The molecule has 1 aromatic rings. The van der Waals surface area contributed by atoms with E-state index in [2.05, 4.69) is 4.72 Å². The Kier molecular flexibility index (Phi) is 2.88. The van der Waals surface area contributed by atoms with Crippen molar-refractivity contribution in [1.82, 2.24) is 9.03 Å². The van der Waals surface area contributed by atoms with Crippen LogP contribution in [0.25, 0.3) is 0 Å². The van der Waals surface area contributed by atoms with E-state index in [0.29, 0.717) is 25.3 Å². The predicted molar refractivity (Wildman–Crippen MR) is 67.3 cm³/mol. The molecule has 0 amide bonds. The van der Waals surface area contributed by atoms with Crippen molar-refractivity contribution in [3.8, 4) is 5.75 Å². The molecule has 2 aliphatic heterocycles. The van der Waals surface area contributed by atoms with Crippen molar-refractivity contribution < 1.29 is 17.5 Å². The predicted octanol–water partition coefficient (Wildman–Crippen LogP) is 0.0776. The molecular formula is C11H14FN3O3S. The van der Waals surface area contributed by atoms with E-state index < -0.39 is 16.0 Å². The van der Waals surface area contributed by atoms with Gasteiger partial charge >= 0.3 is 0 Å². The molecule has 3 rings (SSSR count). The van der Waals surface area contributed by atoms with Crippen molar-refractivity contribution in [2.24, 2.45) is 0 Å². The van der Waals surface area contributed by atoms with E-state index in [9.17, 15) is 12.8 Å². The topological polar surface area (TPSA) is 84.7 Å². The number of rotatable bonds is 2. The summed E-state index contributed by atoms with van der Waals surface area (Å²) in [7, 11) is -3.36. The first kappa shape index (κ1) is 12.6. The smallest absolute Gasteiger partial charge is 0.279 e. The minimum atomic E-state index is -3.36. The highest BCUT2D eigenvalue weighted by Crippen LogP contribution is 2.29. The minimum absolute atomic E-state index is 0.241. The van der Waals surface area contributed by atoms with Gasteiger partial charge in [0.2, 0.25) is 0 Å². The van der Waals surface area contributed by atoms with E-state index in [1.165, 1.54) is 22.5 Å². The third kappa shape index (κ3) is 2.26. The van der Waals surface area contributed by atoms with Gasteiger partial charge in [-0.1, -0.05) is 0 Å². The normalized spacial score (nSPS) is 29.3. The first-order valence-corrected chi connectivity index (χ1v) is 7.39. The first-order chi connectivity index (χ1) is 8.95. The molecule has 6 nitrogen and oxygen atoms in total. The minimum Gasteiger partial charge on any atom is -0.488 e. The fourth-order valence-electron chi connectivity index (χ4n) is 2.57. The number of nitrogen functional groups attached to an aromatic ring is 1. The monoisotopic (exact) mass is 287 g/mol. The molecule has 0 spiro atoms. The van der Waals surface area contributed by atoms with Crippen molar-refractivity contribution >= 4 is 15.9 Å². The number of benzene rings is 1. The molecule has 2 atom stereocenters. The number of nitrogens with two attached hydrogens (primary N) is 1. The zero-order chi connectivity index (χ0) is 13.6. The van der Waals surface area contributed by atoms with E-state index in [4.69, 9.17) is 10.5 Å². The zero-order valence-corrected chi connectivity index (χ0v) is 10.9. The lowest BCUT2D eigenvalue weighted by Gasteiger charge is -2.19. The lowest BCUT2D eigenvalue weighted by molar-refractivity contribution is 0.175. The van der Waals surface area contributed by atoms with Crippen LogP contribution in [0.15, 0.2) is 18.2 Å². The van der Waals surface area contributed by atoms with Crippen LogP contribution in [0.1, 0.15) is 6.42 Å². The Bertz CT molecular complexity index is 587. The molecule has 19 heavy (non-hydrogen) atoms. The Labute approximate surface area is 110 Å². The van der Waals surface area contributed by atoms with Gasteiger partial charge in [0, 0.05) is 30.9 Å². The molecule has 104 valence electrons. The van der Waals surface area contributed by atoms with Gasteiger partial charge in [0.15, 0.2) is 0 Å². The number of hydrogen-bond donors (Lipinski definition) is 2. The molecule has 0 aliphatic carbocycles. The number of anilines is 1. The molecule has 2 fully saturated rings. The van der Waals surface area contributed by atoms with Crippen LogP contribution in [0.3, 0.4) is 0 Å². The summed E-state index contributed by atoms with van der Waals surface area (Å²) in [5, 5.41) is 0. The standard InChI is InChI=1S/C11H14FN3O3S/c12-7-3-8(13)5-9(4-7)18-11-1-2-15-10(11)6-14-19(15,16)17/h3-5,10-11,14H,1-2,6,13H2/t10-,11+/m1/s1. The summed E-state index contributed by atoms with van der Waals surface area (Å²) in [6, 6.07) is 3.74. The molecule has 0 bridgehead atoms. The molecule has 0 aromatic heterocycles. The van der Waals surface area contributed by atoms with E-state index in [-0.39, 0.29) is 17.8 Å². The third-order valence-corrected chi connectivity index (χ3v) is 5.00. The maximum absolute atomic E-state index is 13.2. The third-order valence-electron chi connectivity index (χ3n) is 3.40. The van der Waals surface area contributed by atoms with Crippen LogP contribution in [0.2, 0.25) is 0 Å². The summed E-state index contributed by atoms with van der Waals surface area (Å²) in [4.78, 5) is 0. The zero-order valence-electron chi connectivity index (χ0n) is 10.0. The largest absolute Gasteiger partial charge is 0.488 e. The van der Waals surface area contributed by atoms with Crippen LogP contribution in [0.4, 0.5) is 10.1 Å². The average Bonchev–Trinajstić information content (AvgIpc) is 2.81. The fraction of sp³-hybridized carbons (Fsp3) is 0.455. The van der Waals surface area contributed by atoms with Crippen LogP contribution in [0, 0.1) is 5.82 Å². The number of halogens is 1. The maximum atomic E-state index is 13.2. The Morgan fingerprint density at radius 1 is 1.42 bits per heavy atom. The van der Waals surface area contributed by atoms with Crippen molar-refractivity contribution in [2.75, 3.05) is 18.8 Å². The van der Waals surface area contributed by atoms with Crippen molar-refractivity contribution in [1.29, 1.82) is 0 Å². The number of nitrogens with zero attached hydrogens (tertiary/aromatic N) is 1. The number of ether oxygens (including phenoxy) is 1. The Hall–Kier alpha value is -1.38. The van der Waals surface area contributed by atoms with Gasteiger partial charge in [-0.3, -0.25) is 0 Å². The lowest BCUT2D eigenvalue weighted by atomic mass is 10.2. The van der Waals surface area contributed by atoms with Crippen LogP contribution < -0.4 is 15.2 Å². The molecular weight excluding hydrogens is 273 g/mol. The number of hydrogen-bond acceptors (Lipinski definition) is 4. The number of nitrogens with one attached hydrogen (secondary N) is 1. The molecule has 0 radical (unpaired) electrons. The van der Waals surface area contributed by atoms with Crippen LogP contribution >= 0.6 is 0 Å². The summed E-state index contributed by atoms with van der Waals surface area (Å²) in [5.74, 6) is -0.143. The van der Waals surface area contributed by atoms with Gasteiger partial charge in [-0.25, -0.2) is 9.11 Å². The molecule has 1 aromatic carbocycles. The van der Waals surface area contributed by atoms with Crippen LogP contribution in [-0.2, 0) is 10.2 Å². The molecule has 2 saturated heterocycles. The molecule has 2 heterocycles. The van der Waals surface area contributed by atoms with Gasteiger partial charge in [0.1, 0.15) is 17.7 Å². The second-order valence-electron chi connectivity index (χ2n) is 4.70. The van der Waals surface area contributed by atoms with Gasteiger partial charge in [-0.05, 0) is 12.5 Å². The average molecular weight is 287 g/mol. The maximum Gasteiger partial charge on any atom is 0.279 e. The summed E-state index contributed by atoms with van der Waals surface area (Å²) in [6.07, 6.45) is 0.299. The molecule has 3 N–H and O–H groups in total. The van der Waals surface area contributed by atoms with E-state index in [1.54, 1.807) is 0 Å². The van der Waals surface area contributed by atoms with Gasteiger partial charge in [-0.15, -0.1) is 0 Å². The summed E-state index contributed by atoms with van der Waals surface area (Å²) in [6.45, 7) is 0.729. The second kappa shape index (κ2) is 4.32. The quantitative estimate of drug-likeness (QED) is 0.754. The highest BCUT2D eigenvalue weighted by Gasteiger charge is 2.47. The molecule has 8 heteroatoms. The Balaban J connectivity index is 1.78. The van der Waals surface area contributed by atoms with Crippen LogP contribution in [-0.4, -0.2) is 38.0 Å². The first-order valence-electron chi connectivity index (χ1n) is 5.95. The lowest BCUT2D eigenvalue weighted by Crippen LogP contribution is -2.35.